The van der Waals surface area contributed by atoms with Crippen molar-refractivity contribution in [2.24, 2.45) is 0 Å². The van der Waals surface area contributed by atoms with Gasteiger partial charge in [0.05, 0.1) is 15.9 Å². The number of alkyl halides is 3. The van der Waals surface area contributed by atoms with E-state index in [1.165, 1.54) is 45.6 Å². The minimum atomic E-state index is -4.72. The number of rotatable bonds is 4. The molecule has 1 aromatic heterocycles. The van der Waals surface area contributed by atoms with Gasteiger partial charge in [0.15, 0.2) is 0 Å². The SMILES string of the molecule is O=C(Cn1c(C(F)(F)F)nc2ccccc21)N1CCN(S(=O)(=O)c2ccc(Cl)cc2)CC1. The molecule has 0 unspecified atom stereocenters. The Morgan fingerprint density at radius 1 is 1.00 bits per heavy atom. The highest BCUT2D eigenvalue weighted by molar-refractivity contribution is 7.89. The number of sulfonamides is 1. The van der Waals surface area contributed by atoms with E-state index in [4.69, 9.17) is 11.6 Å². The highest BCUT2D eigenvalue weighted by Crippen LogP contribution is 2.31. The molecule has 0 bridgehead atoms. The molecule has 2 aromatic carbocycles. The summed E-state index contributed by atoms with van der Waals surface area (Å²) in [4.78, 5) is 17.9. The molecule has 1 aliphatic heterocycles. The number of carbonyl (C=O) groups excluding carboxylic acids is 1. The number of para-hydroxylation sites is 2. The van der Waals surface area contributed by atoms with Crippen molar-refractivity contribution < 1.29 is 26.4 Å². The molecule has 3 aromatic rings. The van der Waals surface area contributed by atoms with Gasteiger partial charge in [-0.1, -0.05) is 23.7 Å². The molecular formula is C20H18ClF3N4O3S. The predicted octanol–water partition coefficient (Wildman–Crippen LogP) is 3.24. The standard InChI is InChI=1S/C20H18ClF3N4O3S/c21-14-5-7-15(8-6-14)32(30,31)27-11-9-26(10-12-27)18(29)13-28-17-4-2-1-3-16(17)25-19(28)20(22,23)24/h1-8H,9-13H2. The van der Waals surface area contributed by atoms with E-state index in [1.54, 1.807) is 12.1 Å². The van der Waals surface area contributed by atoms with Crippen molar-refractivity contribution >= 4 is 38.6 Å². The van der Waals surface area contributed by atoms with Crippen LogP contribution in [0.1, 0.15) is 5.82 Å². The van der Waals surface area contributed by atoms with E-state index in [2.05, 4.69) is 4.98 Å². The quantitative estimate of drug-likeness (QED) is 0.567. The maximum atomic E-state index is 13.5. The van der Waals surface area contributed by atoms with Crippen molar-refractivity contribution in [2.75, 3.05) is 26.2 Å². The third-order valence-electron chi connectivity index (χ3n) is 5.24. The van der Waals surface area contributed by atoms with Crippen LogP contribution in [0.3, 0.4) is 0 Å². The lowest BCUT2D eigenvalue weighted by atomic mass is 10.3. The number of halogens is 4. The Bertz CT molecular complexity index is 1250. The number of piperazine rings is 1. The smallest absolute Gasteiger partial charge is 0.339 e. The van der Waals surface area contributed by atoms with Gasteiger partial charge in [-0.3, -0.25) is 4.79 Å². The van der Waals surface area contributed by atoms with Gasteiger partial charge >= 0.3 is 6.18 Å². The van der Waals surface area contributed by atoms with Crippen LogP contribution in [0.4, 0.5) is 13.2 Å². The van der Waals surface area contributed by atoms with E-state index >= 15 is 0 Å². The third kappa shape index (κ3) is 4.32. The van der Waals surface area contributed by atoms with Gasteiger partial charge in [0.2, 0.25) is 21.8 Å². The number of carbonyl (C=O) groups is 1. The van der Waals surface area contributed by atoms with Gasteiger partial charge < -0.3 is 9.47 Å². The molecule has 1 aliphatic rings. The molecule has 0 N–H and O–H groups in total. The summed E-state index contributed by atoms with van der Waals surface area (Å²) in [5, 5.41) is 0.407. The summed E-state index contributed by atoms with van der Waals surface area (Å²) >= 11 is 5.81. The number of hydrogen-bond donors (Lipinski definition) is 0. The molecular weight excluding hydrogens is 469 g/mol. The highest BCUT2D eigenvalue weighted by atomic mass is 35.5. The first-order chi connectivity index (χ1) is 15.1. The second-order valence-electron chi connectivity index (χ2n) is 7.25. The van der Waals surface area contributed by atoms with Gasteiger partial charge in [-0.05, 0) is 36.4 Å². The fourth-order valence-electron chi connectivity index (χ4n) is 3.62. The lowest BCUT2D eigenvalue weighted by Crippen LogP contribution is -2.51. The van der Waals surface area contributed by atoms with Crippen molar-refractivity contribution in [2.45, 2.75) is 17.6 Å². The number of amides is 1. The molecule has 0 saturated carbocycles. The minimum absolute atomic E-state index is 0.0352. The number of benzene rings is 2. The van der Waals surface area contributed by atoms with Crippen LogP contribution in [0.15, 0.2) is 53.4 Å². The summed E-state index contributed by atoms with van der Waals surface area (Å²) in [6, 6.07) is 11.8. The number of hydrogen-bond acceptors (Lipinski definition) is 4. The second kappa shape index (κ2) is 8.38. The molecule has 0 radical (unpaired) electrons. The van der Waals surface area contributed by atoms with E-state index in [1.807, 2.05) is 0 Å². The zero-order chi connectivity index (χ0) is 23.1. The van der Waals surface area contributed by atoms with Crippen molar-refractivity contribution in [1.82, 2.24) is 18.8 Å². The van der Waals surface area contributed by atoms with E-state index in [0.717, 1.165) is 4.57 Å². The van der Waals surface area contributed by atoms with Crippen LogP contribution in [-0.2, 0) is 27.5 Å². The zero-order valence-corrected chi connectivity index (χ0v) is 18.2. The summed E-state index contributed by atoms with van der Waals surface area (Å²) in [7, 11) is -3.76. The van der Waals surface area contributed by atoms with Crippen molar-refractivity contribution in [3.8, 4) is 0 Å². The van der Waals surface area contributed by atoms with Crippen LogP contribution in [0.2, 0.25) is 5.02 Å². The highest BCUT2D eigenvalue weighted by Gasteiger charge is 2.38. The molecule has 12 heteroatoms. The molecule has 1 amide bonds. The van der Waals surface area contributed by atoms with Crippen LogP contribution in [0.25, 0.3) is 11.0 Å². The lowest BCUT2D eigenvalue weighted by Gasteiger charge is -2.34. The topological polar surface area (TPSA) is 75.5 Å². The van der Waals surface area contributed by atoms with Gasteiger partial charge in [-0.15, -0.1) is 0 Å². The summed E-state index contributed by atoms with van der Waals surface area (Å²) < 4.78 is 68.0. The Labute approximate surface area is 187 Å². The Morgan fingerprint density at radius 3 is 2.25 bits per heavy atom. The van der Waals surface area contributed by atoms with E-state index in [0.29, 0.717) is 5.02 Å². The molecule has 0 atom stereocenters. The maximum absolute atomic E-state index is 13.5. The largest absolute Gasteiger partial charge is 0.449 e. The van der Waals surface area contributed by atoms with Gasteiger partial charge in [-0.25, -0.2) is 13.4 Å². The first-order valence-corrected chi connectivity index (χ1v) is 11.4. The van der Waals surface area contributed by atoms with Crippen LogP contribution < -0.4 is 0 Å². The Morgan fingerprint density at radius 2 is 1.62 bits per heavy atom. The van der Waals surface area contributed by atoms with E-state index in [-0.39, 0.29) is 42.1 Å². The van der Waals surface area contributed by atoms with E-state index in [9.17, 15) is 26.4 Å². The van der Waals surface area contributed by atoms with Crippen LogP contribution >= 0.6 is 11.6 Å². The second-order valence-corrected chi connectivity index (χ2v) is 9.62. The van der Waals surface area contributed by atoms with Gasteiger partial charge in [0.1, 0.15) is 6.54 Å². The molecule has 2 heterocycles. The maximum Gasteiger partial charge on any atom is 0.449 e. The molecule has 1 fully saturated rings. The van der Waals surface area contributed by atoms with Crippen LogP contribution in [0, 0.1) is 0 Å². The summed E-state index contributed by atoms with van der Waals surface area (Å²) in [6.07, 6.45) is -4.72. The van der Waals surface area contributed by atoms with Gasteiger partial charge in [0.25, 0.3) is 0 Å². The lowest BCUT2D eigenvalue weighted by molar-refractivity contribution is -0.148. The molecule has 32 heavy (non-hydrogen) atoms. The Kier molecular flexibility index (Phi) is 5.91. The van der Waals surface area contributed by atoms with E-state index < -0.39 is 34.5 Å². The molecule has 1 saturated heterocycles. The first-order valence-electron chi connectivity index (χ1n) is 9.63. The molecule has 0 spiro atoms. The molecule has 0 aliphatic carbocycles. The summed E-state index contributed by atoms with van der Waals surface area (Å²) in [5.41, 5.74) is 0.351. The van der Waals surface area contributed by atoms with Gasteiger partial charge in [-0.2, -0.15) is 17.5 Å². The monoisotopic (exact) mass is 486 g/mol. The number of imidazole rings is 1. The summed E-state index contributed by atoms with van der Waals surface area (Å²) in [5.74, 6) is -1.68. The fraction of sp³-hybridized carbons (Fsp3) is 0.300. The number of nitrogens with zero attached hydrogens (tertiary/aromatic N) is 4. The van der Waals surface area contributed by atoms with Crippen LogP contribution in [-0.4, -0.2) is 59.3 Å². The molecule has 7 nitrogen and oxygen atoms in total. The van der Waals surface area contributed by atoms with Crippen molar-refractivity contribution in [3.05, 3.63) is 59.4 Å². The van der Waals surface area contributed by atoms with Crippen molar-refractivity contribution in [3.63, 3.8) is 0 Å². The molecule has 4 rings (SSSR count). The van der Waals surface area contributed by atoms with Gasteiger partial charge in [0, 0.05) is 31.2 Å². The Hall–Kier alpha value is -2.63. The summed E-state index contributed by atoms with van der Waals surface area (Å²) in [6.45, 7) is -0.334. The number of aromatic nitrogens is 2. The fourth-order valence-corrected chi connectivity index (χ4v) is 5.17. The first kappa shape index (κ1) is 22.6. The third-order valence-corrected chi connectivity index (χ3v) is 7.41. The minimum Gasteiger partial charge on any atom is -0.339 e. The average molecular weight is 487 g/mol. The number of fused-ring (bicyclic) bond motifs is 1. The zero-order valence-electron chi connectivity index (χ0n) is 16.6. The Balaban J connectivity index is 1.49. The average Bonchev–Trinajstić information content (AvgIpc) is 3.13. The normalized spacial score (nSPS) is 15.9. The molecule has 170 valence electrons. The van der Waals surface area contributed by atoms with Crippen LogP contribution in [0.5, 0.6) is 0 Å². The predicted molar refractivity (Wildman–Crippen MR) is 112 cm³/mol. The van der Waals surface area contributed by atoms with Crippen molar-refractivity contribution in [1.29, 1.82) is 0 Å².